The van der Waals surface area contributed by atoms with Crippen molar-refractivity contribution < 1.29 is 9.88 Å². The summed E-state index contributed by atoms with van der Waals surface area (Å²) in [5.41, 5.74) is 2.41. The van der Waals surface area contributed by atoms with Gasteiger partial charge in [0.25, 0.3) is 0 Å². The summed E-state index contributed by atoms with van der Waals surface area (Å²) >= 11 is 0. The number of hydrogen-bond acceptors (Lipinski definition) is 1. The second-order valence-electron chi connectivity index (χ2n) is 7.03. The normalized spacial score (nSPS) is 12.8. The minimum atomic E-state index is 0.479. The molecule has 3 N–H and O–H groups in total. The number of hydrogen-bond donors (Lipinski definition) is 2. The highest BCUT2D eigenvalue weighted by Crippen LogP contribution is 2.26. The molecular weight excluding hydrogens is 306 g/mol. The lowest BCUT2D eigenvalue weighted by Gasteiger charge is -2.18. The molecule has 25 heavy (non-hydrogen) atoms. The average molecular weight is 338 g/mol. The van der Waals surface area contributed by atoms with Crippen molar-refractivity contribution in [2.75, 3.05) is 25.0 Å². The van der Waals surface area contributed by atoms with Crippen LogP contribution in [0.3, 0.4) is 0 Å². The SMILES string of the molecule is CC[NH+](CC)CCC[C@H](C)Nc1cc[nH+]c2cc3ccccc3cc12. The first kappa shape index (κ1) is 17.7. The van der Waals surface area contributed by atoms with Crippen LogP contribution in [0.5, 0.6) is 0 Å². The lowest BCUT2D eigenvalue weighted by Crippen LogP contribution is -3.11. The molecule has 0 aliphatic carbocycles. The third-order valence-corrected chi connectivity index (χ3v) is 5.23. The summed E-state index contributed by atoms with van der Waals surface area (Å²) in [4.78, 5) is 5.08. The summed E-state index contributed by atoms with van der Waals surface area (Å²) in [5, 5.41) is 7.56. The van der Waals surface area contributed by atoms with Crippen LogP contribution in [0.1, 0.15) is 33.6 Å². The van der Waals surface area contributed by atoms with Crippen molar-refractivity contribution in [2.45, 2.75) is 39.7 Å². The van der Waals surface area contributed by atoms with Crippen LogP contribution in [-0.4, -0.2) is 25.7 Å². The zero-order valence-corrected chi connectivity index (χ0v) is 15.7. The molecule has 1 heterocycles. The fraction of sp³-hybridized carbons (Fsp3) is 0.409. The predicted molar refractivity (Wildman–Crippen MR) is 107 cm³/mol. The van der Waals surface area contributed by atoms with Gasteiger partial charge in [-0.2, -0.15) is 0 Å². The van der Waals surface area contributed by atoms with Crippen LogP contribution in [0.25, 0.3) is 21.7 Å². The summed E-state index contributed by atoms with van der Waals surface area (Å²) in [6, 6.07) is 15.7. The highest BCUT2D eigenvalue weighted by Gasteiger charge is 2.11. The van der Waals surface area contributed by atoms with E-state index in [0.29, 0.717) is 6.04 Å². The van der Waals surface area contributed by atoms with Crippen LogP contribution in [0.4, 0.5) is 5.69 Å². The zero-order valence-electron chi connectivity index (χ0n) is 15.7. The second kappa shape index (κ2) is 8.30. The Morgan fingerprint density at radius 3 is 2.48 bits per heavy atom. The first-order valence-corrected chi connectivity index (χ1v) is 9.64. The molecule has 1 atom stereocenters. The average Bonchev–Trinajstić information content (AvgIpc) is 2.64. The largest absolute Gasteiger partial charge is 0.382 e. The van der Waals surface area contributed by atoms with Gasteiger partial charge in [0.2, 0.25) is 5.52 Å². The van der Waals surface area contributed by atoms with Gasteiger partial charge in [0.15, 0.2) is 6.20 Å². The van der Waals surface area contributed by atoms with Crippen molar-refractivity contribution in [3.63, 3.8) is 0 Å². The number of benzene rings is 2. The van der Waals surface area contributed by atoms with Crippen molar-refractivity contribution >= 4 is 27.4 Å². The minimum Gasteiger partial charge on any atom is -0.382 e. The molecule has 0 radical (unpaired) electrons. The molecule has 0 saturated carbocycles. The molecule has 0 spiro atoms. The molecule has 0 amide bonds. The molecule has 3 rings (SSSR count). The quantitative estimate of drug-likeness (QED) is 0.607. The Morgan fingerprint density at radius 2 is 1.76 bits per heavy atom. The lowest BCUT2D eigenvalue weighted by atomic mass is 10.1. The fourth-order valence-corrected chi connectivity index (χ4v) is 3.61. The third kappa shape index (κ3) is 4.29. The van der Waals surface area contributed by atoms with E-state index in [9.17, 15) is 0 Å². The molecule has 3 nitrogen and oxygen atoms in total. The van der Waals surface area contributed by atoms with Gasteiger partial charge in [-0.15, -0.1) is 0 Å². The van der Waals surface area contributed by atoms with Crippen LogP contribution in [0.15, 0.2) is 48.7 Å². The van der Waals surface area contributed by atoms with Crippen LogP contribution in [-0.2, 0) is 0 Å². The molecule has 1 aromatic heterocycles. The molecule has 132 valence electrons. The number of aromatic nitrogens is 1. The van der Waals surface area contributed by atoms with Gasteiger partial charge >= 0.3 is 0 Å². The van der Waals surface area contributed by atoms with Crippen LogP contribution >= 0.6 is 0 Å². The lowest BCUT2D eigenvalue weighted by molar-refractivity contribution is -0.896. The van der Waals surface area contributed by atoms with E-state index in [1.54, 1.807) is 4.90 Å². The monoisotopic (exact) mass is 337 g/mol. The highest BCUT2D eigenvalue weighted by molar-refractivity contribution is 6.00. The van der Waals surface area contributed by atoms with E-state index >= 15 is 0 Å². The Hall–Kier alpha value is -2.13. The molecule has 0 aliphatic heterocycles. The fourth-order valence-electron chi connectivity index (χ4n) is 3.61. The number of rotatable bonds is 8. The second-order valence-corrected chi connectivity index (χ2v) is 7.03. The highest BCUT2D eigenvalue weighted by atomic mass is 15.1. The van der Waals surface area contributed by atoms with E-state index in [1.165, 1.54) is 59.8 Å². The van der Waals surface area contributed by atoms with E-state index in [1.807, 2.05) is 6.20 Å². The molecule has 0 bridgehead atoms. The molecule has 0 fully saturated rings. The van der Waals surface area contributed by atoms with Crippen molar-refractivity contribution in [1.29, 1.82) is 0 Å². The van der Waals surface area contributed by atoms with E-state index in [4.69, 9.17) is 0 Å². The summed E-state index contributed by atoms with van der Waals surface area (Å²) in [6.45, 7) is 10.6. The number of quaternary nitrogens is 1. The number of pyridine rings is 1. The smallest absolute Gasteiger partial charge is 0.213 e. The molecule has 3 aromatic rings. The number of H-pyrrole nitrogens is 1. The summed E-state index contributed by atoms with van der Waals surface area (Å²) in [6.07, 6.45) is 4.51. The van der Waals surface area contributed by atoms with Gasteiger partial charge in [-0.1, -0.05) is 24.3 Å². The van der Waals surface area contributed by atoms with Gasteiger partial charge < -0.3 is 10.2 Å². The van der Waals surface area contributed by atoms with Gasteiger partial charge in [0.1, 0.15) is 0 Å². The maximum absolute atomic E-state index is 3.73. The molecular formula is C22H31N3+2. The van der Waals surface area contributed by atoms with Crippen molar-refractivity contribution in [3.05, 3.63) is 48.7 Å². The van der Waals surface area contributed by atoms with Gasteiger partial charge in [-0.3, -0.25) is 0 Å². The first-order valence-electron chi connectivity index (χ1n) is 9.64. The Bertz CT molecular complexity index is 824. The van der Waals surface area contributed by atoms with E-state index < -0.39 is 0 Å². The molecule has 0 unspecified atom stereocenters. The number of fused-ring (bicyclic) bond motifs is 2. The number of aromatic amines is 1. The van der Waals surface area contributed by atoms with Crippen molar-refractivity contribution in [3.8, 4) is 0 Å². The van der Waals surface area contributed by atoms with Gasteiger partial charge in [-0.05, 0) is 50.5 Å². The first-order chi connectivity index (χ1) is 12.2. The Balaban J connectivity index is 1.73. The van der Waals surface area contributed by atoms with Crippen molar-refractivity contribution in [2.24, 2.45) is 0 Å². The number of nitrogens with one attached hydrogen (secondary N) is 3. The zero-order chi connectivity index (χ0) is 17.6. The van der Waals surface area contributed by atoms with E-state index in [2.05, 4.69) is 73.5 Å². The molecule has 0 saturated heterocycles. The van der Waals surface area contributed by atoms with Gasteiger partial charge in [0, 0.05) is 18.2 Å². The standard InChI is InChI=1S/C22H29N3/c1-4-25(5-2)14-8-9-17(3)24-21-12-13-23-22-16-19-11-7-6-10-18(19)15-20(21)22/h6-7,10-13,15-17H,4-5,8-9,14H2,1-3H3,(H,23,24)/p+2/t17-/m0/s1. The topological polar surface area (TPSA) is 30.6 Å². The Kier molecular flexibility index (Phi) is 5.87. The molecule has 3 heteroatoms. The van der Waals surface area contributed by atoms with E-state index in [-0.39, 0.29) is 0 Å². The summed E-state index contributed by atoms with van der Waals surface area (Å²) < 4.78 is 0. The molecule has 0 aliphatic rings. The number of anilines is 1. The molecule has 2 aromatic carbocycles. The minimum absolute atomic E-state index is 0.479. The van der Waals surface area contributed by atoms with Crippen LogP contribution in [0, 0.1) is 0 Å². The van der Waals surface area contributed by atoms with Gasteiger partial charge in [-0.25, -0.2) is 4.98 Å². The van der Waals surface area contributed by atoms with E-state index in [0.717, 1.165) is 0 Å². The Labute approximate surface area is 151 Å². The van der Waals surface area contributed by atoms with Crippen LogP contribution in [0.2, 0.25) is 0 Å². The Morgan fingerprint density at radius 1 is 1.04 bits per heavy atom. The van der Waals surface area contributed by atoms with Crippen molar-refractivity contribution in [1.82, 2.24) is 0 Å². The van der Waals surface area contributed by atoms with Gasteiger partial charge in [0.05, 0.1) is 30.7 Å². The third-order valence-electron chi connectivity index (χ3n) is 5.23. The van der Waals surface area contributed by atoms with Crippen LogP contribution < -0.4 is 15.2 Å². The predicted octanol–water partition coefficient (Wildman–Crippen LogP) is 3.31. The summed E-state index contributed by atoms with van der Waals surface area (Å²) in [5.74, 6) is 0. The maximum atomic E-state index is 3.73. The maximum Gasteiger partial charge on any atom is 0.213 e. The summed E-state index contributed by atoms with van der Waals surface area (Å²) in [7, 11) is 0.